The summed E-state index contributed by atoms with van der Waals surface area (Å²) in [5.74, 6) is 0. The van der Waals surface area contributed by atoms with Gasteiger partial charge in [0, 0.05) is 24.1 Å². The van der Waals surface area contributed by atoms with Crippen molar-refractivity contribution in [2.45, 2.75) is 13.3 Å². The van der Waals surface area contributed by atoms with Crippen molar-refractivity contribution in [3.05, 3.63) is 35.0 Å². The molecule has 0 amide bonds. The average molecular weight is 194 g/mol. The summed E-state index contributed by atoms with van der Waals surface area (Å²) >= 11 is 6.14. The first-order valence-corrected chi connectivity index (χ1v) is 4.84. The minimum Gasteiger partial charge on any atom is -0.350 e. The van der Waals surface area contributed by atoms with E-state index in [0.29, 0.717) is 0 Å². The van der Waals surface area contributed by atoms with Crippen LogP contribution in [0.2, 0.25) is 5.02 Å². The van der Waals surface area contributed by atoms with E-state index in [1.54, 1.807) is 0 Å². The third-order valence-corrected chi connectivity index (χ3v) is 2.74. The lowest BCUT2D eigenvalue weighted by Crippen LogP contribution is -1.82. The fraction of sp³-hybridized carbons (Fsp3) is 0.273. The lowest BCUT2D eigenvalue weighted by atomic mass is 10.1. The maximum absolute atomic E-state index is 6.14. The van der Waals surface area contributed by atoms with Crippen molar-refractivity contribution < 1.29 is 0 Å². The monoisotopic (exact) mass is 193 g/mol. The summed E-state index contributed by atoms with van der Waals surface area (Å²) in [6.45, 7) is 2.15. The molecule has 0 aliphatic carbocycles. The predicted molar refractivity (Wildman–Crippen MR) is 57.3 cm³/mol. The van der Waals surface area contributed by atoms with Crippen molar-refractivity contribution in [3.63, 3.8) is 0 Å². The molecular formula is C11H12ClN. The zero-order valence-corrected chi connectivity index (χ0v) is 8.60. The molecule has 0 radical (unpaired) electrons. The quantitative estimate of drug-likeness (QED) is 0.654. The van der Waals surface area contributed by atoms with E-state index < -0.39 is 0 Å². The Labute approximate surface area is 82.9 Å². The normalized spacial score (nSPS) is 11.0. The van der Waals surface area contributed by atoms with Crippen LogP contribution in [-0.4, -0.2) is 4.57 Å². The van der Waals surface area contributed by atoms with Crippen molar-refractivity contribution in [2.24, 2.45) is 7.05 Å². The molecule has 0 saturated carbocycles. The van der Waals surface area contributed by atoms with E-state index in [9.17, 15) is 0 Å². The molecule has 2 aromatic rings. The Morgan fingerprint density at radius 2 is 2.15 bits per heavy atom. The molecule has 1 nitrogen and oxygen atoms in total. The van der Waals surface area contributed by atoms with Gasteiger partial charge >= 0.3 is 0 Å². The standard InChI is InChI=1S/C11H12ClN/c1-3-8-7-13(2)10-6-4-5-9(12)11(8)10/h4-7H,3H2,1-2H3. The van der Waals surface area contributed by atoms with Gasteiger partial charge in [-0.25, -0.2) is 0 Å². The highest BCUT2D eigenvalue weighted by molar-refractivity contribution is 6.35. The van der Waals surface area contributed by atoms with E-state index in [1.165, 1.54) is 16.5 Å². The van der Waals surface area contributed by atoms with E-state index in [1.807, 2.05) is 12.1 Å². The maximum atomic E-state index is 6.14. The molecule has 2 heteroatoms. The molecule has 0 spiro atoms. The van der Waals surface area contributed by atoms with Crippen LogP contribution in [0.3, 0.4) is 0 Å². The number of nitrogens with zero attached hydrogens (tertiary/aromatic N) is 1. The zero-order chi connectivity index (χ0) is 9.42. The number of hydrogen-bond donors (Lipinski definition) is 0. The first kappa shape index (κ1) is 8.64. The average Bonchev–Trinajstić information content (AvgIpc) is 2.45. The number of benzene rings is 1. The van der Waals surface area contributed by atoms with Crippen LogP contribution in [0.5, 0.6) is 0 Å². The Balaban J connectivity index is 2.89. The molecule has 2 rings (SSSR count). The third-order valence-electron chi connectivity index (χ3n) is 2.42. The van der Waals surface area contributed by atoms with Crippen molar-refractivity contribution >= 4 is 22.5 Å². The van der Waals surface area contributed by atoms with Gasteiger partial charge in [-0.1, -0.05) is 24.6 Å². The first-order chi connectivity index (χ1) is 6.24. The first-order valence-electron chi connectivity index (χ1n) is 4.46. The number of fused-ring (bicyclic) bond motifs is 1. The van der Waals surface area contributed by atoms with Crippen molar-refractivity contribution in [1.29, 1.82) is 0 Å². The number of aryl methyl sites for hydroxylation is 2. The highest BCUT2D eigenvalue weighted by Crippen LogP contribution is 2.28. The van der Waals surface area contributed by atoms with E-state index in [-0.39, 0.29) is 0 Å². The van der Waals surface area contributed by atoms with Gasteiger partial charge in [0.15, 0.2) is 0 Å². The molecule has 13 heavy (non-hydrogen) atoms. The summed E-state index contributed by atoms with van der Waals surface area (Å²) in [5.41, 5.74) is 2.53. The Bertz CT molecular complexity index is 443. The summed E-state index contributed by atoms with van der Waals surface area (Å²) in [5, 5.41) is 2.06. The summed E-state index contributed by atoms with van der Waals surface area (Å²) in [6.07, 6.45) is 3.18. The SMILES string of the molecule is CCc1cn(C)c2cccc(Cl)c12. The molecule has 0 saturated heterocycles. The Morgan fingerprint density at radius 3 is 2.85 bits per heavy atom. The van der Waals surface area contributed by atoms with Crippen LogP contribution in [0, 0.1) is 0 Å². The smallest absolute Gasteiger partial charge is 0.0502 e. The van der Waals surface area contributed by atoms with Crippen LogP contribution in [0.4, 0.5) is 0 Å². The van der Waals surface area contributed by atoms with E-state index in [0.717, 1.165) is 11.4 Å². The van der Waals surface area contributed by atoms with Gasteiger partial charge in [-0.15, -0.1) is 0 Å². The Morgan fingerprint density at radius 1 is 1.38 bits per heavy atom. The highest BCUT2D eigenvalue weighted by atomic mass is 35.5. The second-order valence-corrected chi connectivity index (χ2v) is 3.66. The molecule has 0 N–H and O–H groups in total. The second-order valence-electron chi connectivity index (χ2n) is 3.25. The molecule has 1 aromatic carbocycles. The van der Waals surface area contributed by atoms with Crippen LogP contribution in [0.15, 0.2) is 24.4 Å². The Hall–Kier alpha value is -0.950. The fourth-order valence-electron chi connectivity index (χ4n) is 1.76. The molecule has 1 aromatic heterocycles. The number of aromatic nitrogens is 1. The van der Waals surface area contributed by atoms with Gasteiger partial charge in [-0.05, 0) is 24.1 Å². The summed E-state index contributed by atoms with van der Waals surface area (Å²) < 4.78 is 2.13. The number of rotatable bonds is 1. The largest absolute Gasteiger partial charge is 0.350 e. The van der Waals surface area contributed by atoms with Gasteiger partial charge in [0.1, 0.15) is 0 Å². The maximum Gasteiger partial charge on any atom is 0.0502 e. The van der Waals surface area contributed by atoms with Crippen LogP contribution in [-0.2, 0) is 13.5 Å². The number of halogens is 1. The van der Waals surface area contributed by atoms with Gasteiger partial charge in [-0.3, -0.25) is 0 Å². The van der Waals surface area contributed by atoms with Gasteiger partial charge < -0.3 is 4.57 Å². The molecule has 0 aliphatic rings. The van der Waals surface area contributed by atoms with Crippen molar-refractivity contribution in [2.75, 3.05) is 0 Å². The van der Waals surface area contributed by atoms with Crippen LogP contribution < -0.4 is 0 Å². The lowest BCUT2D eigenvalue weighted by Gasteiger charge is -1.97. The Kier molecular flexibility index (Phi) is 2.04. The van der Waals surface area contributed by atoms with Gasteiger partial charge in [0.2, 0.25) is 0 Å². The highest BCUT2D eigenvalue weighted by Gasteiger charge is 2.07. The van der Waals surface area contributed by atoms with Gasteiger partial charge in [-0.2, -0.15) is 0 Å². The molecule has 0 unspecified atom stereocenters. The molecule has 0 fully saturated rings. The molecule has 68 valence electrons. The molecule has 0 aliphatic heterocycles. The minimum atomic E-state index is 0.856. The van der Waals surface area contributed by atoms with Crippen LogP contribution >= 0.6 is 11.6 Å². The molecule has 0 bridgehead atoms. The number of hydrogen-bond acceptors (Lipinski definition) is 0. The summed E-state index contributed by atoms with van der Waals surface area (Å²) in [4.78, 5) is 0. The summed E-state index contributed by atoms with van der Waals surface area (Å²) in [6, 6.07) is 6.04. The minimum absolute atomic E-state index is 0.856. The molecular weight excluding hydrogens is 182 g/mol. The molecule has 1 heterocycles. The third kappa shape index (κ3) is 1.24. The predicted octanol–water partition coefficient (Wildman–Crippen LogP) is 3.39. The topological polar surface area (TPSA) is 4.93 Å². The zero-order valence-electron chi connectivity index (χ0n) is 7.84. The second kappa shape index (κ2) is 3.08. The summed E-state index contributed by atoms with van der Waals surface area (Å²) in [7, 11) is 2.05. The van der Waals surface area contributed by atoms with Crippen LogP contribution in [0.1, 0.15) is 12.5 Å². The fourth-order valence-corrected chi connectivity index (χ4v) is 2.05. The van der Waals surface area contributed by atoms with E-state index in [2.05, 4.69) is 30.8 Å². The lowest BCUT2D eigenvalue weighted by molar-refractivity contribution is 0.954. The molecule has 0 atom stereocenters. The van der Waals surface area contributed by atoms with Crippen molar-refractivity contribution in [1.82, 2.24) is 4.57 Å². The van der Waals surface area contributed by atoms with E-state index in [4.69, 9.17) is 11.6 Å². The van der Waals surface area contributed by atoms with Crippen LogP contribution in [0.25, 0.3) is 10.9 Å². The van der Waals surface area contributed by atoms with E-state index >= 15 is 0 Å². The van der Waals surface area contributed by atoms with Crippen molar-refractivity contribution in [3.8, 4) is 0 Å². The van der Waals surface area contributed by atoms with Gasteiger partial charge in [0.05, 0.1) is 5.02 Å². The van der Waals surface area contributed by atoms with Gasteiger partial charge in [0.25, 0.3) is 0 Å².